The minimum Gasteiger partial charge on any atom is -0.283 e. The number of aromatic nitrogens is 2. The highest BCUT2D eigenvalue weighted by atomic mass is 35.5. The number of carbonyl (C=O) groups is 1. The van der Waals surface area contributed by atoms with Gasteiger partial charge in [-0.15, -0.1) is 0 Å². The normalized spacial score (nSPS) is 15.9. The van der Waals surface area contributed by atoms with Crippen LogP contribution in [0.15, 0.2) is 12.3 Å². The number of anilines is 1. The molecule has 64 valence electrons. The lowest BCUT2D eigenvalue weighted by molar-refractivity contribution is 0.262. The Labute approximate surface area is 74.7 Å². The number of aryl methyl sites for hydroxylation is 1. The molecule has 0 radical (unpaired) electrons. The average Bonchev–Trinajstić information content (AvgIpc) is 2.49. The summed E-state index contributed by atoms with van der Waals surface area (Å²) in [7, 11) is 0. The van der Waals surface area contributed by atoms with Gasteiger partial charge in [-0.05, 0) is 18.0 Å². The molecule has 0 aromatic carbocycles. The number of halogens is 1. The van der Waals surface area contributed by atoms with Crippen molar-refractivity contribution in [3.8, 4) is 0 Å². The van der Waals surface area contributed by atoms with Gasteiger partial charge in [0.05, 0.1) is 6.20 Å². The molecule has 5 heteroatoms. The van der Waals surface area contributed by atoms with Crippen LogP contribution in [0.5, 0.6) is 0 Å². The summed E-state index contributed by atoms with van der Waals surface area (Å²) < 4.78 is 1.78. The molecule has 2 heterocycles. The van der Waals surface area contributed by atoms with E-state index in [1.54, 1.807) is 16.9 Å². The Hall–Kier alpha value is -1.03. The monoisotopic (exact) mass is 185 g/mol. The minimum atomic E-state index is -0.434. The zero-order chi connectivity index (χ0) is 8.55. The van der Waals surface area contributed by atoms with E-state index in [1.165, 1.54) is 4.90 Å². The molecule has 0 aliphatic carbocycles. The lowest BCUT2D eigenvalue weighted by Gasteiger charge is -2.24. The van der Waals surface area contributed by atoms with Gasteiger partial charge in [0.25, 0.3) is 0 Å². The first-order valence-electron chi connectivity index (χ1n) is 3.78. The number of carbonyl (C=O) groups excluding carboxylic acids is 1. The SMILES string of the molecule is O=C(Cl)N1CCCn2nccc21. The molecule has 0 fully saturated rings. The molecule has 1 aromatic heterocycles. The third-order valence-corrected chi connectivity index (χ3v) is 2.14. The fraction of sp³-hybridized carbons (Fsp3) is 0.429. The smallest absolute Gasteiger partial charge is 0.283 e. The van der Waals surface area contributed by atoms with Crippen LogP contribution in [0.2, 0.25) is 0 Å². The quantitative estimate of drug-likeness (QED) is 0.453. The highest BCUT2D eigenvalue weighted by Gasteiger charge is 2.20. The first-order chi connectivity index (χ1) is 5.79. The average molecular weight is 186 g/mol. The summed E-state index contributed by atoms with van der Waals surface area (Å²) in [5, 5.41) is 3.62. The fourth-order valence-electron chi connectivity index (χ4n) is 1.40. The maximum absolute atomic E-state index is 10.9. The van der Waals surface area contributed by atoms with Gasteiger partial charge in [0.2, 0.25) is 0 Å². The largest absolute Gasteiger partial charge is 0.321 e. The lowest BCUT2D eigenvalue weighted by Crippen LogP contribution is -2.33. The van der Waals surface area contributed by atoms with Gasteiger partial charge in [-0.1, -0.05) is 0 Å². The Morgan fingerprint density at radius 1 is 1.58 bits per heavy atom. The fourth-order valence-corrected chi connectivity index (χ4v) is 1.57. The van der Waals surface area contributed by atoms with Gasteiger partial charge in [-0.25, -0.2) is 4.68 Å². The topological polar surface area (TPSA) is 38.1 Å². The minimum absolute atomic E-state index is 0.434. The molecule has 0 bridgehead atoms. The predicted molar refractivity (Wildman–Crippen MR) is 45.4 cm³/mol. The second kappa shape index (κ2) is 2.79. The van der Waals surface area contributed by atoms with E-state index in [-0.39, 0.29) is 0 Å². The highest BCUT2D eigenvalue weighted by molar-refractivity contribution is 6.66. The molecule has 1 aliphatic heterocycles. The van der Waals surface area contributed by atoms with Crippen molar-refractivity contribution in [2.45, 2.75) is 13.0 Å². The van der Waals surface area contributed by atoms with Crippen molar-refractivity contribution < 1.29 is 4.79 Å². The van der Waals surface area contributed by atoms with Gasteiger partial charge < -0.3 is 0 Å². The van der Waals surface area contributed by atoms with E-state index in [2.05, 4.69) is 5.10 Å². The van der Waals surface area contributed by atoms with Crippen LogP contribution in [0.1, 0.15) is 6.42 Å². The van der Waals surface area contributed by atoms with E-state index >= 15 is 0 Å². The van der Waals surface area contributed by atoms with Crippen molar-refractivity contribution in [2.75, 3.05) is 11.4 Å². The third-order valence-electron chi connectivity index (χ3n) is 1.93. The van der Waals surface area contributed by atoms with Crippen LogP contribution >= 0.6 is 11.6 Å². The number of nitrogens with zero attached hydrogens (tertiary/aromatic N) is 3. The summed E-state index contributed by atoms with van der Waals surface area (Å²) in [4.78, 5) is 12.4. The van der Waals surface area contributed by atoms with E-state index < -0.39 is 5.37 Å². The molecule has 1 aromatic rings. The van der Waals surface area contributed by atoms with E-state index in [0.29, 0.717) is 6.54 Å². The summed E-state index contributed by atoms with van der Waals surface area (Å²) >= 11 is 5.39. The molecular weight excluding hydrogens is 178 g/mol. The van der Waals surface area contributed by atoms with Crippen molar-refractivity contribution >= 4 is 22.8 Å². The Morgan fingerprint density at radius 2 is 2.42 bits per heavy atom. The highest BCUT2D eigenvalue weighted by Crippen LogP contribution is 2.20. The lowest BCUT2D eigenvalue weighted by atomic mass is 10.3. The van der Waals surface area contributed by atoms with Gasteiger partial charge in [0, 0.05) is 19.2 Å². The van der Waals surface area contributed by atoms with Crippen LogP contribution < -0.4 is 4.90 Å². The summed E-state index contributed by atoms with van der Waals surface area (Å²) in [6.45, 7) is 1.55. The molecule has 0 N–H and O–H groups in total. The van der Waals surface area contributed by atoms with Crippen LogP contribution in [-0.4, -0.2) is 21.7 Å². The van der Waals surface area contributed by atoms with E-state index in [1.807, 2.05) is 0 Å². The first-order valence-corrected chi connectivity index (χ1v) is 4.15. The third kappa shape index (κ3) is 1.08. The van der Waals surface area contributed by atoms with Gasteiger partial charge in [-0.2, -0.15) is 5.10 Å². The van der Waals surface area contributed by atoms with E-state index in [0.717, 1.165) is 18.8 Å². The molecule has 1 aliphatic rings. The zero-order valence-electron chi connectivity index (χ0n) is 6.40. The molecule has 0 saturated carbocycles. The second-order valence-electron chi connectivity index (χ2n) is 2.67. The van der Waals surface area contributed by atoms with Crippen molar-refractivity contribution in [3.63, 3.8) is 0 Å². The van der Waals surface area contributed by atoms with Crippen LogP contribution in [-0.2, 0) is 6.54 Å². The summed E-state index contributed by atoms with van der Waals surface area (Å²) in [5.74, 6) is 0.793. The van der Waals surface area contributed by atoms with Crippen molar-refractivity contribution in [3.05, 3.63) is 12.3 Å². The standard InChI is InChI=1S/C7H8ClN3O/c8-7(12)10-4-1-5-11-6(10)2-3-9-11/h2-3H,1,4-5H2. The van der Waals surface area contributed by atoms with E-state index in [4.69, 9.17) is 11.6 Å². The van der Waals surface area contributed by atoms with Crippen molar-refractivity contribution in [1.29, 1.82) is 0 Å². The molecule has 0 unspecified atom stereocenters. The number of hydrogen-bond acceptors (Lipinski definition) is 2. The Bertz CT molecular complexity index is 309. The Balaban J connectivity index is 2.37. The number of amides is 1. The van der Waals surface area contributed by atoms with Crippen LogP contribution in [0.4, 0.5) is 10.6 Å². The Morgan fingerprint density at radius 3 is 3.17 bits per heavy atom. The summed E-state index contributed by atoms with van der Waals surface area (Å²) in [5.41, 5.74) is 0. The summed E-state index contributed by atoms with van der Waals surface area (Å²) in [6, 6.07) is 1.79. The summed E-state index contributed by atoms with van der Waals surface area (Å²) in [6.07, 6.45) is 2.58. The number of rotatable bonds is 0. The van der Waals surface area contributed by atoms with Gasteiger partial charge in [0.1, 0.15) is 5.82 Å². The second-order valence-corrected chi connectivity index (χ2v) is 2.99. The van der Waals surface area contributed by atoms with Crippen LogP contribution in [0.25, 0.3) is 0 Å². The predicted octanol–water partition coefficient (Wildman–Crippen LogP) is 1.45. The number of hydrogen-bond donors (Lipinski definition) is 0. The molecular formula is C7H8ClN3O. The molecule has 12 heavy (non-hydrogen) atoms. The molecule has 1 amide bonds. The van der Waals surface area contributed by atoms with Crippen LogP contribution in [0.3, 0.4) is 0 Å². The molecule has 0 saturated heterocycles. The maximum Gasteiger partial charge on any atom is 0.321 e. The van der Waals surface area contributed by atoms with Gasteiger partial charge >= 0.3 is 5.37 Å². The number of fused-ring (bicyclic) bond motifs is 1. The van der Waals surface area contributed by atoms with Crippen LogP contribution in [0, 0.1) is 0 Å². The van der Waals surface area contributed by atoms with E-state index in [9.17, 15) is 4.79 Å². The molecule has 2 rings (SSSR count). The first kappa shape index (κ1) is 7.61. The van der Waals surface area contributed by atoms with Gasteiger partial charge in [0.15, 0.2) is 0 Å². The zero-order valence-corrected chi connectivity index (χ0v) is 7.16. The molecule has 0 spiro atoms. The molecule has 0 atom stereocenters. The van der Waals surface area contributed by atoms with Crippen molar-refractivity contribution in [2.24, 2.45) is 0 Å². The molecule has 4 nitrogen and oxygen atoms in total. The Kier molecular flexibility index (Phi) is 1.77. The van der Waals surface area contributed by atoms with Gasteiger partial charge in [-0.3, -0.25) is 9.69 Å². The maximum atomic E-state index is 10.9. The van der Waals surface area contributed by atoms with Crippen molar-refractivity contribution in [1.82, 2.24) is 9.78 Å².